The number of allylic oxidation sites excluding steroid dienone is 1. The monoisotopic (exact) mass is 524 g/mol. The van der Waals surface area contributed by atoms with Crippen LogP contribution in [0.5, 0.6) is 0 Å². The third-order valence-corrected chi connectivity index (χ3v) is 8.11. The lowest BCUT2D eigenvalue weighted by Gasteiger charge is -2.46. The quantitative estimate of drug-likeness (QED) is 0.357. The van der Waals surface area contributed by atoms with E-state index in [-0.39, 0.29) is 23.5 Å². The number of Topliss-reactive ketones (excluding diaryl/α,β-unsaturated/α-hetero) is 1. The number of fused-ring (bicyclic) bond motifs is 2. The van der Waals surface area contributed by atoms with Crippen molar-refractivity contribution in [3.05, 3.63) is 101 Å². The number of amides is 1. The van der Waals surface area contributed by atoms with Gasteiger partial charge < -0.3 is 4.90 Å². The lowest BCUT2D eigenvalue weighted by Crippen LogP contribution is -2.49. The van der Waals surface area contributed by atoms with Crippen LogP contribution >= 0.6 is 0 Å². The zero-order chi connectivity index (χ0) is 27.3. The van der Waals surface area contributed by atoms with Gasteiger partial charge in [-0.05, 0) is 86.2 Å². The average molecular weight is 525 g/mol. The fourth-order valence-corrected chi connectivity index (χ4v) is 6.01. The summed E-state index contributed by atoms with van der Waals surface area (Å²) in [6.07, 6.45) is 11.1. The van der Waals surface area contributed by atoms with E-state index in [0.717, 1.165) is 34.5 Å². The Bertz CT molecular complexity index is 1620. The first-order chi connectivity index (χ1) is 18.7. The Morgan fingerprint density at radius 1 is 1.13 bits per heavy atom. The van der Waals surface area contributed by atoms with Gasteiger partial charge in [-0.25, -0.2) is 9.07 Å². The van der Waals surface area contributed by atoms with Crippen molar-refractivity contribution in [2.24, 2.45) is 12.5 Å². The van der Waals surface area contributed by atoms with Gasteiger partial charge in [0.25, 0.3) is 5.91 Å². The van der Waals surface area contributed by atoms with E-state index in [1.54, 1.807) is 65.3 Å². The number of nitrogens with zero attached hydrogens (tertiary/aromatic N) is 6. The number of hydrogen-bond donors (Lipinski definition) is 0. The molecule has 6 rings (SSSR count). The maximum absolute atomic E-state index is 14.4. The molecule has 2 atom stereocenters. The number of benzene rings is 1. The van der Waals surface area contributed by atoms with E-state index in [4.69, 9.17) is 0 Å². The van der Waals surface area contributed by atoms with Crippen LogP contribution < -0.4 is 0 Å². The highest BCUT2D eigenvalue weighted by molar-refractivity contribution is 6.03. The molecule has 0 saturated heterocycles. The molecule has 39 heavy (non-hydrogen) atoms. The smallest absolute Gasteiger partial charge is 0.257 e. The van der Waals surface area contributed by atoms with Gasteiger partial charge in [-0.2, -0.15) is 10.2 Å². The summed E-state index contributed by atoms with van der Waals surface area (Å²) in [5, 5.41) is 8.75. The number of aryl methyl sites for hydroxylation is 2. The van der Waals surface area contributed by atoms with Crippen molar-refractivity contribution in [2.75, 3.05) is 7.05 Å². The minimum atomic E-state index is -0.850. The van der Waals surface area contributed by atoms with Gasteiger partial charge in [0, 0.05) is 32.5 Å². The van der Waals surface area contributed by atoms with Crippen molar-refractivity contribution in [1.29, 1.82) is 0 Å². The van der Waals surface area contributed by atoms with Gasteiger partial charge >= 0.3 is 0 Å². The van der Waals surface area contributed by atoms with Crippen LogP contribution in [-0.2, 0) is 13.5 Å². The van der Waals surface area contributed by atoms with Gasteiger partial charge in [-0.15, -0.1) is 0 Å². The third-order valence-electron chi connectivity index (χ3n) is 8.11. The fourth-order valence-electron chi connectivity index (χ4n) is 6.01. The Kier molecular flexibility index (Phi) is 6.01. The molecule has 1 amide bonds. The molecule has 4 aromatic rings. The van der Waals surface area contributed by atoms with Crippen LogP contribution in [0.3, 0.4) is 0 Å². The molecule has 0 spiro atoms. The number of halogens is 1. The van der Waals surface area contributed by atoms with Crippen LogP contribution in [0.25, 0.3) is 11.8 Å². The van der Waals surface area contributed by atoms with Gasteiger partial charge in [-0.3, -0.25) is 19.3 Å². The van der Waals surface area contributed by atoms with Crippen LogP contribution in [0.1, 0.15) is 56.9 Å². The summed E-state index contributed by atoms with van der Waals surface area (Å²) in [5.74, 6) is -0.460. The highest BCUT2D eigenvalue weighted by atomic mass is 19.1. The number of rotatable bonds is 5. The van der Waals surface area contributed by atoms with Crippen LogP contribution in [0, 0.1) is 18.2 Å². The first-order valence-electron chi connectivity index (χ1n) is 13.0. The van der Waals surface area contributed by atoms with Gasteiger partial charge in [0.05, 0.1) is 34.8 Å². The van der Waals surface area contributed by atoms with Crippen LogP contribution in [0.4, 0.5) is 4.39 Å². The second-order valence-electron chi connectivity index (χ2n) is 10.6. The molecule has 1 saturated carbocycles. The van der Waals surface area contributed by atoms with E-state index in [9.17, 15) is 14.0 Å². The molecular weight excluding hydrogens is 495 g/mol. The standard InChI is InChI=1S/C30H29FN6O2/c1-19-10-11-32-26(12-19)28(38)30-14-20-16-34-37(24-8-5-23(31)6-9-24)27(20)13-22(30)4-7-25(15-30)36(3)29(39)21-17-33-35(2)18-21/h5-6,8-13,16-18,25H,4,7,14-15H2,1-3H3/t25-,30-/m0/s1. The molecule has 0 bridgehead atoms. The van der Waals surface area contributed by atoms with Crippen LogP contribution in [0.15, 0.2) is 66.8 Å². The Labute approximate surface area is 225 Å². The van der Waals surface area contributed by atoms with E-state index in [2.05, 4.69) is 21.3 Å². The first kappa shape index (κ1) is 24.9. The second kappa shape index (κ2) is 9.41. The summed E-state index contributed by atoms with van der Waals surface area (Å²) in [4.78, 5) is 33.9. The number of carbonyl (C=O) groups is 2. The zero-order valence-electron chi connectivity index (χ0n) is 22.1. The van der Waals surface area contributed by atoms with E-state index in [1.807, 2.05) is 19.1 Å². The molecule has 9 heteroatoms. The Morgan fingerprint density at radius 2 is 1.92 bits per heavy atom. The normalized spacial score (nSPS) is 20.1. The predicted molar refractivity (Wildman–Crippen MR) is 144 cm³/mol. The van der Waals surface area contributed by atoms with E-state index < -0.39 is 5.41 Å². The van der Waals surface area contributed by atoms with Crippen LogP contribution in [-0.4, -0.2) is 54.2 Å². The van der Waals surface area contributed by atoms with Gasteiger partial charge in [0.15, 0.2) is 5.78 Å². The summed E-state index contributed by atoms with van der Waals surface area (Å²) in [6.45, 7) is 1.95. The van der Waals surface area contributed by atoms with Crippen molar-refractivity contribution in [1.82, 2.24) is 29.4 Å². The van der Waals surface area contributed by atoms with Gasteiger partial charge in [-0.1, -0.05) is 5.57 Å². The summed E-state index contributed by atoms with van der Waals surface area (Å²) in [7, 11) is 3.58. The molecule has 8 nitrogen and oxygen atoms in total. The summed E-state index contributed by atoms with van der Waals surface area (Å²) < 4.78 is 17.0. The zero-order valence-corrected chi connectivity index (χ0v) is 22.1. The minimum absolute atomic E-state index is 0.0374. The molecule has 0 N–H and O–H groups in total. The summed E-state index contributed by atoms with van der Waals surface area (Å²) in [6, 6.07) is 9.79. The van der Waals surface area contributed by atoms with Crippen LogP contribution in [0.2, 0.25) is 0 Å². The summed E-state index contributed by atoms with van der Waals surface area (Å²) in [5.41, 5.74) is 4.67. The first-order valence-corrected chi connectivity index (χ1v) is 13.0. The van der Waals surface area contributed by atoms with Crippen molar-refractivity contribution < 1.29 is 14.0 Å². The molecule has 0 unspecified atom stereocenters. The molecule has 0 radical (unpaired) electrons. The maximum atomic E-state index is 14.4. The predicted octanol–water partition coefficient (Wildman–Crippen LogP) is 4.58. The van der Waals surface area contributed by atoms with Crippen molar-refractivity contribution in [2.45, 2.75) is 38.6 Å². The van der Waals surface area contributed by atoms with Gasteiger partial charge in [0.1, 0.15) is 11.5 Å². The second-order valence-corrected chi connectivity index (χ2v) is 10.6. The summed E-state index contributed by atoms with van der Waals surface area (Å²) >= 11 is 0. The Balaban J connectivity index is 1.40. The molecule has 198 valence electrons. The van der Waals surface area contributed by atoms with Crippen molar-refractivity contribution >= 4 is 17.8 Å². The molecule has 2 aliphatic rings. The number of carbonyl (C=O) groups excluding carboxylic acids is 2. The lowest BCUT2D eigenvalue weighted by molar-refractivity contribution is 0.0572. The highest BCUT2D eigenvalue weighted by Crippen LogP contribution is 2.51. The number of ketones is 1. The maximum Gasteiger partial charge on any atom is 0.257 e. The SMILES string of the molecule is Cc1ccnc(C(=O)[C@]23Cc4cnn(-c5ccc(F)cc5)c4C=C2CC[C@H](N(C)C(=O)c2cnn(C)c2)C3)c1. The number of aromatic nitrogens is 5. The Hall–Kier alpha value is -4.40. The van der Waals surface area contributed by atoms with Crippen molar-refractivity contribution in [3.63, 3.8) is 0 Å². The average Bonchev–Trinajstić information content (AvgIpc) is 3.56. The largest absolute Gasteiger partial charge is 0.339 e. The van der Waals surface area contributed by atoms with E-state index in [1.165, 1.54) is 12.1 Å². The van der Waals surface area contributed by atoms with Gasteiger partial charge in [0.2, 0.25) is 0 Å². The molecule has 2 aliphatic carbocycles. The van der Waals surface area contributed by atoms with E-state index in [0.29, 0.717) is 30.5 Å². The molecule has 3 aromatic heterocycles. The molecule has 0 aliphatic heterocycles. The Morgan fingerprint density at radius 3 is 2.64 bits per heavy atom. The minimum Gasteiger partial charge on any atom is -0.339 e. The van der Waals surface area contributed by atoms with Crippen molar-refractivity contribution in [3.8, 4) is 5.69 Å². The lowest BCUT2D eigenvalue weighted by atomic mass is 9.60. The fraction of sp³-hybridized carbons (Fsp3) is 0.300. The molecule has 1 aromatic carbocycles. The highest BCUT2D eigenvalue weighted by Gasteiger charge is 2.50. The van der Waals surface area contributed by atoms with E-state index >= 15 is 0 Å². The number of hydrogen-bond acceptors (Lipinski definition) is 5. The molecule has 3 heterocycles. The topological polar surface area (TPSA) is 85.9 Å². The third kappa shape index (κ3) is 4.27. The number of pyridine rings is 1. The molecular formula is C30H29FN6O2. The molecule has 1 fully saturated rings.